The molecule has 0 fully saturated rings. The van der Waals surface area contributed by atoms with Gasteiger partial charge in [0, 0.05) is 25.0 Å². The van der Waals surface area contributed by atoms with E-state index in [2.05, 4.69) is 36.3 Å². The van der Waals surface area contributed by atoms with Gasteiger partial charge in [-0.05, 0) is 43.2 Å². The number of nitrogens with one attached hydrogen (secondary N) is 1. The molecule has 2 rings (SSSR count). The van der Waals surface area contributed by atoms with Crippen LogP contribution in [0.2, 0.25) is 0 Å². The summed E-state index contributed by atoms with van der Waals surface area (Å²) in [5.41, 5.74) is 2.41. The van der Waals surface area contributed by atoms with Crippen LogP contribution in [-0.2, 0) is 0 Å². The van der Waals surface area contributed by atoms with E-state index in [1.165, 1.54) is 11.1 Å². The van der Waals surface area contributed by atoms with E-state index in [0.29, 0.717) is 6.61 Å². The van der Waals surface area contributed by atoms with Crippen molar-refractivity contribution in [1.82, 2.24) is 10.3 Å². The summed E-state index contributed by atoms with van der Waals surface area (Å²) in [5.74, 6) is 0.927. The van der Waals surface area contributed by atoms with Gasteiger partial charge < -0.3 is 10.1 Å². The molecule has 0 aliphatic rings. The van der Waals surface area contributed by atoms with Crippen molar-refractivity contribution in [3.05, 3.63) is 59.9 Å². The van der Waals surface area contributed by atoms with E-state index in [9.17, 15) is 0 Å². The quantitative estimate of drug-likeness (QED) is 0.806. The molecule has 1 heterocycles. The first-order valence-electron chi connectivity index (χ1n) is 6.58. The topological polar surface area (TPSA) is 34.1 Å². The molecule has 100 valence electrons. The molecule has 1 atom stereocenters. The van der Waals surface area contributed by atoms with Gasteiger partial charge in [-0.25, -0.2) is 0 Å². The summed E-state index contributed by atoms with van der Waals surface area (Å²) in [5, 5.41) is 3.42. The van der Waals surface area contributed by atoms with Crippen LogP contribution in [0.25, 0.3) is 0 Å². The van der Waals surface area contributed by atoms with E-state index in [1.54, 1.807) is 6.20 Å². The van der Waals surface area contributed by atoms with Gasteiger partial charge in [0.15, 0.2) is 0 Å². The third kappa shape index (κ3) is 4.38. The van der Waals surface area contributed by atoms with Crippen molar-refractivity contribution < 1.29 is 4.74 Å². The van der Waals surface area contributed by atoms with E-state index in [4.69, 9.17) is 4.74 Å². The number of nitrogens with zero attached hydrogens (tertiary/aromatic N) is 1. The number of aromatic nitrogens is 1. The minimum Gasteiger partial charge on any atom is -0.492 e. The maximum atomic E-state index is 5.69. The van der Waals surface area contributed by atoms with Crippen LogP contribution in [0.1, 0.15) is 24.1 Å². The molecule has 3 nitrogen and oxygen atoms in total. The van der Waals surface area contributed by atoms with Crippen molar-refractivity contribution >= 4 is 0 Å². The van der Waals surface area contributed by atoms with Crippen LogP contribution in [0.5, 0.6) is 5.75 Å². The molecule has 1 unspecified atom stereocenters. The van der Waals surface area contributed by atoms with Crippen LogP contribution < -0.4 is 10.1 Å². The van der Waals surface area contributed by atoms with Crippen LogP contribution in [0.4, 0.5) is 0 Å². The van der Waals surface area contributed by atoms with E-state index in [0.717, 1.165) is 12.3 Å². The minimum atomic E-state index is 0.287. The zero-order valence-corrected chi connectivity index (χ0v) is 11.5. The maximum absolute atomic E-state index is 5.69. The summed E-state index contributed by atoms with van der Waals surface area (Å²) in [7, 11) is 0. The van der Waals surface area contributed by atoms with Gasteiger partial charge in [0.05, 0.1) is 0 Å². The van der Waals surface area contributed by atoms with Gasteiger partial charge in [0.1, 0.15) is 12.4 Å². The normalized spacial score (nSPS) is 12.1. The summed E-state index contributed by atoms with van der Waals surface area (Å²) in [6.45, 7) is 5.66. The second kappa shape index (κ2) is 6.90. The summed E-state index contributed by atoms with van der Waals surface area (Å²) in [4.78, 5) is 4.12. The van der Waals surface area contributed by atoms with E-state index < -0.39 is 0 Å². The van der Waals surface area contributed by atoms with Crippen molar-refractivity contribution in [3.63, 3.8) is 0 Å². The van der Waals surface area contributed by atoms with Crippen LogP contribution in [0, 0.1) is 6.92 Å². The highest BCUT2D eigenvalue weighted by atomic mass is 16.5. The summed E-state index contributed by atoms with van der Waals surface area (Å²) in [6.07, 6.45) is 3.68. The fraction of sp³-hybridized carbons (Fsp3) is 0.312. The first kappa shape index (κ1) is 13.6. The van der Waals surface area contributed by atoms with E-state index in [-0.39, 0.29) is 6.04 Å². The van der Waals surface area contributed by atoms with Crippen LogP contribution >= 0.6 is 0 Å². The molecule has 0 saturated carbocycles. The number of hydrogen-bond donors (Lipinski definition) is 1. The summed E-state index contributed by atoms with van der Waals surface area (Å²) in [6, 6.07) is 12.4. The highest BCUT2D eigenvalue weighted by molar-refractivity contribution is 5.27. The van der Waals surface area contributed by atoms with Crippen molar-refractivity contribution in [3.8, 4) is 5.75 Å². The highest BCUT2D eigenvalue weighted by Gasteiger charge is 2.03. The van der Waals surface area contributed by atoms with E-state index in [1.807, 2.05) is 30.5 Å². The van der Waals surface area contributed by atoms with Gasteiger partial charge in [0.2, 0.25) is 0 Å². The first-order valence-corrected chi connectivity index (χ1v) is 6.58. The Kier molecular flexibility index (Phi) is 4.93. The van der Waals surface area contributed by atoms with Crippen LogP contribution in [0.3, 0.4) is 0 Å². The van der Waals surface area contributed by atoms with Crippen molar-refractivity contribution in [2.45, 2.75) is 19.9 Å². The lowest BCUT2D eigenvalue weighted by atomic mass is 10.1. The SMILES string of the molecule is Cc1cccc(OCCNC(C)c2cccnc2)c1. The van der Waals surface area contributed by atoms with Crippen LogP contribution in [-0.4, -0.2) is 18.1 Å². The number of rotatable bonds is 6. The lowest BCUT2D eigenvalue weighted by molar-refractivity contribution is 0.307. The van der Waals surface area contributed by atoms with Gasteiger partial charge in [0.25, 0.3) is 0 Å². The Bertz CT molecular complexity index is 499. The standard InChI is InChI=1S/C16H20N2O/c1-13-5-3-7-16(11-13)19-10-9-18-14(2)15-6-4-8-17-12-15/h3-8,11-12,14,18H,9-10H2,1-2H3. The second-order valence-electron chi connectivity index (χ2n) is 4.63. The maximum Gasteiger partial charge on any atom is 0.119 e. The number of benzene rings is 1. The molecule has 0 radical (unpaired) electrons. The first-order chi connectivity index (χ1) is 9.25. The fourth-order valence-electron chi connectivity index (χ4n) is 1.90. The third-order valence-corrected chi connectivity index (χ3v) is 3.00. The Balaban J connectivity index is 1.72. The molecule has 0 amide bonds. The third-order valence-electron chi connectivity index (χ3n) is 3.00. The Morgan fingerprint density at radius 3 is 2.89 bits per heavy atom. The summed E-state index contributed by atoms with van der Waals surface area (Å²) >= 11 is 0. The number of hydrogen-bond acceptors (Lipinski definition) is 3. The molecule has 1 aromatic carbocycles. The van der Waals surface area contributed by atoms with Crippen molar-refractivity contribution in [1.29, 1.82) is 0 Å². The zero-order chi connectivity index (χ0) is 13.5. The molecule has 2 aromatic rings. The number of aryl methyl sites for hydroxylation is 1. The van der Waals surface area contributed by atoms with Gasteiger partial charge in [-0.15, -0.1) is 0 Å². The van der Waals surface area contributed by atoms with Crippen molar-refractivity contribution in [2.75, 3.05) is 13.2 Å². The smallest absolute Gasteiger partial charge is 0.119 e. The molecule has 1 aromatic heterocycles. The Hall–Kier alpha value is -1.87. The molecule has 0 saturated heterocycles. The lowest BCUT2D eigenvalue weighted by Gasteiger charge is -2.14. The Labute approximate surface area is 114 Å². The molecule has 0 aliphatic heterocycles. The largest absolute Gasteiger partial charge is 0.492 e. The molecular formula is C16H20N2O. The van der Waals surface area contributed by atoms with Crippen LogP contribution in [0.15, 0.2) is 48.8 Å². The van der Waals surface area contributed by atoms with Crippen molar-refractivity contribution in [2.24, 2.45) is 0 Å². The average Bonchev–Trinajstić information content (AvgIpc) is 2.44. The molecule has 3 heteroatoms. The van der Waals surface area contributed by atoms with E-state index >= 15 is 0 Å². The number of ether oxygens (including phenoxy) is 1. The molecule has 0 aliphatic carbocycles. The predicted octanol–water partition coefficient (Wildman–Crippen LogP) is 3.12. The Morgan fingerprint density at radius 2 is 2.16 bits per heavy atom. The van der Waals surface area contributed by atoms with Gasteiger partial charge in [-0.3, -0.25) is 4.98 Å². The fourth-order valence-corrected chi connectivity index (χ4v) is 1.90. The Morgan fingerprint density at radius 1 is 1.26 bits per heavy atom. The molecular weight excluding hydrogens is 236 g/mol. The molecule has 0 bridgehead atoms. The lowest BCUT2D eigenvalue weighted by Crippen LogP contribution is -2.24. The van der Waals surface area contributed by atoms with Gasteiger partial charge in [-0.1, -0.05) is 18.2 Å². The monoisotopic (exact) mass is 256 g/mol. The van der Waals surface area contributed by atoms with Gasteiger partial charge in [-0.2, -0.15) is 0 Å². The molecule has 19 heavy (non-hydrogen) atoms. The minimum absolute atomic E-state index is 0.287. The zero-order valence-electron chi connectivity index (χ0n) is 11.5. The molecule has 0 spiro atoms. The number of pyridine rings is 1. The average molecular weight is 256 g/mol. The summed E-state index contributed by atoms with van der Waals surface area (Å²) < 4.78 is 5.69. The molecule has 1 N–H and O–H groups in total. The van der Waals surface area contributed by atoms with Gasteiger partial charge >= 0.3 is 0 Å². The second-order valence-corrected chi connectivity index (χ2v) is 4.63. The highest BCUT2D eigenvalue weighted by Crippen LogP contribution is 2.12. The predicted molar refractivity (Wildman–Crippen MR) is 77.3 cm³/mol.